The third kappa shape index (κ3) is 4.45. The topological polar surface area (TPSA) is 77.9 Å². The van der Waals surface area contributed by atoms with Gasteiger partial charge in [0.1, 0.15) is 0 Å². The predicted molar refractivity (Wildman–Crippen MR) is 81.2 cm³/mol. The highest BCUT2D eigenvalue weighted by molar-refractivity contribution is 5.85. The molecule has 2 aliphatic rings. The van der Waals surface area contributed by atoms with E-state index in [1.807, 2.05) is 0 Å². The van der Waals surface area contributed by atoms with Crippen molar-refractivity contribution in [2.75, 3.05) is 26.7 Å². The van der Waals surface area contributed by atoms with E-state index in [0.29, 0.717) is 31.7 Å². The Morgan fingerprint density at radius 3 is 2.45 bits per heavy atom. The number of likely N-dealkylation sites (N-methyl/N-ethyl adjacent to an activating group) is 1. The number of rotatable bonds is 5. The number of hydrogen-bond acceptors (Lipinski definition) is 3. The molecule has 0 aromatic carbocycles. The van der Waals surface area contributed by atoms with Gasteiger partial charge in [-0.2, -0.15) is 0 Å². The molecule has 22 heavy (non-hydrogen) atoms. The van der Waals surface area contributed by atoms with Crippen molar-refractivity contribution in [3.63, 3.8) is 0 Å². The number of carbonyl (C=O) groups is 3. The van der Waals surface area contributed by atoms with Crippen molar-refractivity contribution in [3.05, 3.63) is 0 Å². The Labute approximate surface area is 131 Å². The lowest BCUT2D eigenvalue weighted by Gasteiger charge is -2.32. The maximum atomic E-state index is 12.3. The lowest BCUT2D eigenvalue weighted by Crippen LogP contribution is -2.47. The van der Waals surface area contributed by atoms with Crippen molar-refractivity contribution in [1.82, 2.24) is 9.80 Å². The normalized spacial score (nSPS) is 22.6. The van der Waals surface area contributed by atoms with E-state index in [1.54, 1.807) is 11.9 Å². The summed E-state index contributed by atoms with van der Waals surface area (Å²) in [6, 6.07) is 0. The highest BCUT2D eigenvalue weighted by Gasteiger charge is 2.29. The second kappa shape index (κ2) is 7.61. The minimum atomic E-state index is -0.844. The molecular formula is C16H26N2O4. The van der Waals surface area contributed by atoms with Crippen molar-refractivity contribution in [3.8, 4) is 0 Å². The van der Waals surface area contributed by atoms with Gasteiger partial charge in [0.15, 0.2) is 0 Å². The van der Waals surface area contributed by atoms with Crippen LogP contribution in [-0.4, -0.2) is 59.4 Å². The van der Waals surface area contributed by atoms with Gasteiger partial charge in [-0.25, -0.2) is 0 Å². The van der Waals surface area contributed by atoms with Gasteiger partial charge in [0.25, 0.3) is 0 Å². The van der Waals surface area contributed by atoms with Crippen LogP contribution in [0.15, 0.2) is 0 Å². The minimum Gasteiger partial charge on any atom is -0.481 e. The summed E-state index contributed by atoms with van der Waals surface area (Å²) in [6.07, 6.45) is 6.48. The average molecular weight is 310 g/mol. The van der Waals surface area contributed by atoms with Crippen molar-refractivity contribution < 1.29 is 19.5 Å². The Morgan fingerprint density at radius 1 is 1.14 bits per heavy atom. The maximum Gasteiger partial charge on any atom is 0.308 e. The van der Waals surface area contributed by atoms with Crippen LogP contribution in [0.1, 0.15) is 44.9 Å². The second-order valence-electron chi connectivity index (χ2n) is 6.62. The first-order valence-corrected chi connectivity index (χ1v) is 8.22. The van der Waals surface area contributed by atoms with E-state index < -0.39 is 11.9 Å². The van der Waals surface area contributed by atoms with Crippen molar-refractivity contribution in [2.24, 2.45) is 11.8 Å². The van der Waals surface area contributed by atoms with Gasteiger partial charge in [-0.3, -0.25) is 14.4 Å². The summed E-state index contributed by atoms with van der Waals surface area (Å²) in [5, 5.41) is 9.06. The monoisotopic (exact) mass is 310 g/mol. The van der Waals surface area contributed by atoms with Gasteiger partial charge >= 0.3 is 5.97 Å². The van der Waals surface area contributed by atoms with E-state index in [-0.39, 0.29) is 24.9 Å². The molecule has 1 N–H and O–H groups in total. The zero-order valence-corrected chi connectivity index (χ0v) is 13.3. The van der Waals surface area contributed by atoms with Crippen LogP contribution in [-0.2, 0) is 14.4 Å². The molecule has 0 bridgehead atoms. The molecule has 0 spiro atoms. The number of amides is 2. The minimum absolute atomic E-state index is 0.0204. The summed E-state index contributed by atoms with van der Waals surface area (Å²) in [7, 11) is 1.66. The van der Waals surface area contributed by atoms with Gasteiger partial charge in [-0.15, -0.1) is 0 Å². The Morgan fingerprint density at radius 2 is 1.82 bits per heavy atom. The highest BCUT2D eigenvalue weighted by atomic mass is 16.4. The van der Waals surface area contributed by atoms with Crippen LogP contribution < -0.4 is 0 Å². The molecule has 2 fully saturated rings. The van der Waals surface area contributed by atoms with E-state index in [2.05, 4.69) is 0 Å². The van der Waals surface area contributed by atoms with E-state index in [9.17, 15) is 14.4 Å². The fourth-order valence-electron chi connectivity index (χ4n) is 3.41. The third-order valence-electron chi connectivity index (χ3n) is 4.86. The first-order chi connectivity index (χ1) is 10.5. The number of carboxylic acid groups (broad SMARTS) is 1. The van der Waals surface area contributed by atoms with Crippen LogP contribution in [0, 0.1) is 11.8 Å². The van der Waals surface area contributed by atoms with E-state index in [1.165, 1.54) is 17.7 Å². The van der Waals surface area contributed by atoms with Gasteiger partial charge in [-0.1, -0.05) is 12.8 Å². The summed E-state index contributed by atoms with van der Waals surface area (Å²) in [5.41, 5.74) is 0. The van der Waals surface area contributed by atoms with Gasteiger partial charge < -0.3 is 14.9 Å². The Balaban J connectivity index is 1.79. The standard InChI is InChI=1S/C16H26N2O4/c1-17(14(19)9-12-5-2-3-6-12)11-15(20)18-8-4-7-13(10-18)16(21)22/h12-13H,2-11H2,1H3,(H,21,22). The number of piperidine rings is 1. The number of hydrogen-bond donors (Lipinski definition) is 1. The smallest absolute Gasteiger partial charge is 0.308 e. The molecule has 0 radical (unpaired) electrons. The number of likely N-dealkylation sites (tertiary alicyclic amines) is 1. The van der Waals surface area contributed by atoms with Crippen LogP contribution in [0.3, 0.4) is 0 Å². The van der Waals surface area contributed by atoms with Crippen molar-refractivity contribution >= 4 is 17.8 Å². The lowest BCUT2D eigenvalue weighted by molar-refractivity contribution is -0.147. The number of carbonyl (C=O) groups excluding carboxylic acids is 2. The molecule has 1 saturated carbocycles. The first kappa shape index (κ1) is 16.8. The molecule has 2 amide bonds. The van der Waals surface area contributed by atoms with Crippen molar-refractivity contribution in [1.29, 1.82) is 0 Å². The van der Waals surface area contributed by atoms with Crippen LogP contribution in [0.4, 0.5) is 0 Å². The molecule has 2 rings (SSSR count). The third-order valence-corrected chi connectivity index (χ3v) is 4.86. The highest BCUT2D eigenvalue weighted by Crippen LogP contribution is 2.27. The Hall–Kier alpha value is -1.59. The largest absolute Gasteiger partial charge is 0.481 e. The molecule has 124 valence electrons. The molecule has 6 nitrogen and oxygen atoms in total. The van der Waals surface area contributed by atoms with Crippen LogP contribution in [0.25, 0.3) is 0 Å². The summed E-state index contributed by atoms with van der Waals surface area (Å²) < 4.78 is 0. The fourth-order valence-corrected chi connectivity index (χ4v) is 3.41. The number of carboxylic acids is 1. The number of nitrogens with zero attached hydrogens (tertiary/aromatic N) is 2. The van der Waals surface area contributed by atoms with Crippen LogP contribution in [0.2, 0.25) is 0 Å². The summed E-state index contributed by atoms with van der Waals surface area (Å²) >= 11 is 0. The molecule has 6 heteroatoms. The summed E-state index contributed by atoms with van der Waals surface area (Å²) in [5.74, 6) is -0.975. The zero-order valence-electron chi connectivity index (χ0n) is 13.3. The first-order valence-electron chi connectivity index (χ1n) is 8.22. The predicted octanol–water partition coefficient (Wildman–Crippen LogP) is 1.35. The SMILES string of the molecule is CN(CC(=O)N1CCCC(C(=O)O)C1)C(=O)CC1CCCC1. The average Bonchev–Trinajstić information content (AvgIpc) is 3.00. The molecular weight excluding hydrogens is 284 g/mol. The lowest BCUT2D eigenvalue weighted by atomic mass is 9.98. The molecule has 1 aliphatic heterocycles. The van der Waals surface area contributed by atoms with Crippen LogP contribution >= 0.6 is 0 Å². The van der Waals surface area contributed by atoms with Gasteiger partial charge in [-0.05, 0) is 31.6 Å². The summed E-state index contributed by atoms with van der Waals surface area (Å²) in [4.78, 5) is 38.5. The maximum absolute atomic E-state index is 12.3. The fraction of sp³-hybridized carbons (Fsp3) is 0.812. The summed E-state index contributed by atoms with van der Waals surface area (Å²) in [6.45, 7) is 0.907. The molecule has 0 aromatic heterocycles. The van der Waals surface area contributed by atoms with Gasteiger partial charge in [0.2, 0.25) is 11.8 Å². The van der Waals surface area contributed by atoms with Crippen molar-refractivity contribution in [2.45, 2.75) is 44.9 Å². The number of aliphatic carboxylic acids is 1. The molecule has 1 aliphatic carbocycles. The second-order valence-corrected chi connectivity index (χ2v) is 6.62. The molecule has 1 unspecified atom stereocenters. The van der Waals surface area contributed by atoms with Gasteiger partial charge in [0, 0.05) is 26.6 Å². The molecule has 1 saturated heterocycles. The Kier molecular flexibility index (Phi) is 5.80. The van der Waals surface area contributed by atoms with E-state index in [4.69, 9.17) is 5.11 Å². The van der Waals surface area contributed by atoms with E-state index >= 15 is 0 Å². The molecule has 1 heterocycles. The molecule has 1 atom stereocenters. The van der Waals surface area contributed by atoms with Gasteiger partial charge in [0.05, 0.1) is 12.5 Å². The Bertz CT molecular complexity index is 432. The quantitative estimate of drug-likeness (QED) is 0.831. The zero-order chi connectivity index (χ0) is 16.1. The van der Waals surface area contributed by atoms with E-state index in [0.717, 1.165) is 12.8 Å². The molecule has 0 aromatic rings. The van der Waals surface area contributed by atoms with Crippen LogP contribution in [0.5, 0.6) is 0 Å².